The van der Waals surface area contributed by atoms with Gasteiger partial charge in [0, 0.05) is 10.9 Å². The monoisotopic (exact) mass is 575 g/mol. The van der Waals surface area contributed by atoms with Gasteiger partial charge in [0.25, 0.3) is 0 Å². The van der Waals surface area contributed by atoms with Crippen LogP contribution in [0, 0.1) is 29.6 Å². The van der Waals surface area contributed by atoms with Crippen LogP contribution in [0.5, 0.6) is 0 Å². The average Bonchev–Trinajstić information content (AvgIpc) is 3.69. The van der Waals surface area contributed by atoms with E-state index in [1.54, 1.807) is 24.1 Å². The fourth-order valence-corrected chi connectivity index (χ4v) is 10.0. The van der Waals surface area contributed by atoms with Crippen molar-refractivity contribution in [2.45, 2.75) is 28.8 Å². The molecule has 7 atom stereocenters. The summed E-state index contributed by atoms with van der Waals surface area (Å²) in [6.07, 6.45) is -2.31. The van der Waals surface area contributed by atoms with Gasteiger partial charge in [0.2, 0.25) is 17.7 Å². The quantitative estimate of drug-likeness (QED) is 0.452. The van der Waals surface area contributed by atoms with Crippen LogP contribution in [0.1, 0.15) is 28.5 Å². The molecule has 202 valence electrons. The van der Waals surface area contributed by atoms with E-state index in [2.05, 4.69) is 10.3 Å². The Morgan fingerprint density at radius 1 is 1.10 bits per heavy atom. The van der Waals surface area contributed by atoms with Crippen LogP contribution in [0.2, 0.25) is 0 Å². The normalized spacial score (nSPS) is 30.8. The summed E-state index contributed by atoms with van der Waals surface area (Å²) in [4.78, 5) is 56.6. The lowest BCUT2D eigenvalue weighted by Gasteiger charge is -2.42. The van der Waals surface area contributed by atoms with Gasteiger partial charge in [-0.05, 0) is 54.5 Å². The van der Waals surface area contributed by atoms with Crippen molar-refractivity contribution in [1.82, 2.24) is 9.88 Å². The number of aromatic nitrogens is 1. The first kappa shape index (κ1) is 24.7. The number of nitrogens with one attached hydrogen (secondary N) is 2. The van der Waals surface area contributed by atoms with Crippen molar-refractivity contribution in [2.24, 2.45) is 29.6 Å². The van der Waals surface area contributed by atoms with E-state index < -0.39 is 47.8 Å². The van der Waals surface area contributed by atoms with Gasteiger partial charge >= 0.3 is 11.0 Å². The highest BCUT2D eigenvalue weighted by Crippen LogP contribution is 2.68. The molecular weight excluding hydrogens is 555 g/mol. The number of hydrogen-bond donors (Lipinski definition) is 2. The number of nitrogens with zero attached hydrogens (tertiary/aromatic N) is 1. The minimum atomic E-state index is -4.57. The minimum Gasteiger partial charge on any atom is -0.469 e. The molecule has 2 saturated carbocycles. The number of imide groups is 1. The Bertz CT molecular complexity index is 1560. The topological polar surface area (TPSA) is 112 Å². The summed E-state index contributed by atoms with van der Waals surface area (Å²) < 4.78 is 44.9. The Labute approximate surface area is 226 Å². The Morgan fingerprint density at radius 3 is 2.59 bits per heavy atom. The first-order valence-corrected chi connectivity index (χ1v) is 14.1. The number of carbonyl (C=O) groups is 3. The Balaban J connectivity index is 1.14. The van der Waals surface area contributed by atoms with Crippen molar-refractivity contribution >= 4 is 46.5 Å². The number of H-pyrrole nitrogens is 1. The minimum absolute atomic E-state index is 0.0141. The van der Waals surface area contributed by atoms with E-state index in [0.717, 1.165) is 38.3 Å². The Morgan fingerprint density at radius 2 is 1.87 bits per heavy atom. The number of rotatable bonds is 4. The number of aromatic amines is 1. The van der Waals surface area contributed by atoms with Gasteiger partial charge in [-0.1, -0.05) is 17.4 Å². The molecule has 1 saturated heterocycles. The number of fused-ring (bicyclic) bond motifs is 9. The molecule has 7 rings (SSSR count). The van der Waals surface area contributed by atoms with E-state index in [1.165, 1.54) is 12.1 Å². The first-order chi connectivity index (χ1) is 18.6. The Kier molecular flexibility index (Phi) is 5.44. The third kappa shape index (κ3) is 3.73. The van der Waals surface area contributed by atoms with Crippen LogP contribution in [-0.2, 0) is 20.6 Å². The highest BCUT2D eigenvalue weighted by atomic mass is 32.2. The van der Waals surface area contributed by atoms with Gasteiger partial charge in [-0.3, -0.25) is 24.1 Å². The molecule has 4 heterocycles. The smallest absolute Gasteiger partial charge is 0.416 e. The van der Waals surface area contributed by atoms with Gasteiger partial charge in [0.1, 0.15) is 12.3 Å². The number of anilines is 1. The molecule has 13 heteroatoms. The molecular formula is C26H20F3N3O5S2. The van der Waals surface area contributed by atoms with Gasteiger partial charge < -0.3 is 14.7 Å². The highest BCUT2D eigenvalue weighted by molar-refractivity contribution is 8.00. The van der Waals surface area contributed by atoms with E-state index in [0.29, 0.717) is 12.2 Å². The zero-order valence-corrected chi connectivity index (χ0v) is 21.6. The van der Waals surface area contributed by atoms with Gasteiger partial charge in [-0.15, -0.1) is 11.8 Å². The molecule has 3 aromatic rings. The van der Waals surface area contributed by atoms with Gasteiger partial charge in [-0.2, -0.15) is 13.2 Å². The van der Waals surface area contributed by atoms with Crippen molar-refractivity contribution < 1.29 is 32.0 Å². The molecule has 3 fully saturated rings. The van der Waals surface area contributed by atoms with Crippen LogP contribution >= 0.6 is 23.1 Å². The number of thioether (sulfide) groups is 1. The number of benzene rings is 1. The van der Waals surface area contributed by atoms with Crippen molar-refractivity contribution in [3.05, 3.63) is 68.5 Å². The second kappa shape index (κ2) is 8.59. The molecule has 3 amide bonds. The zero-order valence-electron chi connectivity index (χ0n) is 19.9. The van der Waals surface area contributed by atoms with Crippen LogP contribution in [0.25, 0.3) is 0 Å². The molecule has 4 aliphatic rings. The second-order valence-electron chi connectivity index (χ2n) is 10.4. The number of furan rings is 1. The molecule has 2 bridgehead atoms. The van der Waals surface area contributed by atoms with E-state index in [9.17, 15) is 32.3 Å². The van der Waals surface area contributed by atoms with Crippen LogP contribution in [0.15, 0.2) is 56.9 Å². The molecule has 8 nitrogen and oxygen atoms in total. The maximum atomic E-state index is 13.6. The van der Waals surface area contributed by atoms with Crippen LogP contribution in [0.3, 0.4) is 0 Å². The van der Waals surface area contributed by atoms with E-state index >= 15 is 0 Å². The SMILES string of the molecule is O=C(CN1C(=O)[C@@H]2[C@@H]3C[C@H]([C@H]4Sc5[nH]c(=O)sc5[C@H](c5ccco5)[C@H]34)[C@@H]2C1=O)Nc1cccc(C(F)(F)F)c1. The number of amides is 3. The fraction of sp³-hybridized carbons (Fsp3) is 0.385. The third-order valence-corrected chi connectivity index (χ3v) is 11.0. The third-order valence-electron chi connectivity index (χ3n) is 8.44. The number of carbonyl (C=O) groups excluding carboxylic acids is 3. The zero-order chi connectivity index (χ0) is 27.2. The number of thiazole rings is 1. The van der Waals surface area contributed by atoms with E-state index in [1.807, 2.05) is 6.07 Å². The van der Waals surface area contributed by atoms with Crippen molar-refractivity contribution in [3.63, 3.8) is 0 Å². The molecule has 2 aliphatic heterocycles. The summed E-state index contributed by atoms with van der Waals surface area (Å²) in [7, 11) is 0. The van der Waals surface area contributed by atoms with Crippen molar-refractivity contribution in [2.75, 3.05) is 11.9 Å². The number of halogens is 3. The molecule has 0 unspecified atom stereocenters. The second-order valence-corrected chi connectivity index (χ2v) is 12.6. The van der Waals surface area contributed by atoms with Gasteiger partial charge in [0.05, 0.1) is 39.5 Å². The molecule has 2 N–H and O–H groups in total. The van der Waals surface area contributed by atoms with E-state index in [-0.39, 0.29) is 39.5 Å². The van der Waals surface area contributed by atoms with Crippen LogP contribution < -0.4 is 10.2 Å². The first-order valence-electron chi connectivity index (χ1n) is 12.4. The number of likely N-dealkylation sites (tertiary alicyclic amines) is 1. The van der Waals surface area contributed by atoms with Crippen molar-refractivity contribution in [1.29, 1.82) is 0 Å². The largest absolute Gasteiger partial charge is 0.469 e. The molecule has 0 radical (unpaired) electrons. The van der Waals surface area contributed by atoms with E-state index in [4.69, 9.17) is 4.42 Å². The summed E-state index contributed by atoms with van der Waals surface area (Å²) in [6.45, 7) is -0.564. The van der Waals surface area contributed by atoms with Crippen LogP contribution in [-0.4, -0.2) is 39.4 Å². The average molecular weight is 576 g/mol. The predicted octanol–water partition coefficient (Wildman–Crippen LogP) is 4.16. The standard InChI is InChI=1S/C26H20F3N3O5S2/c27-26(28,29)10-3-1-4-11(7-10)30-15(33)9-32-23(34)17-12-8-13(18(17)24(32)35)20-16(12)19(14-5-2-6-37-14)21-22(38-20)31-25(36)39-21/h1-7,12-13,16-20H,8-9H2,(H,30,33)(H,31,36)/t12-,13+,16+,17-,18+,19-,20-/m1/s1. The summed E-state index contributed by atoms with van der Waals surface area (Å²) in [5.41, 5.74) is -0.987. The highest BCUT2D eigenvalue weighted by Gasteiger charge is 2.69. The maximum absolute atomic E-state index is 13.6. The Hall–Kier alpha value is -3.32. The lowest BCUT2D eigenvalue weighted by Crippen LogP contribution is -2.42. The van der Waals surface area contributed by atoms with Crippen molar-refractivity contribution in [3.8, 4) is 0 Å². The molecule has 39 heavy (non-hydrogen) atoms. The van der Waals surface area contributed by atoms with Gasteiger partial charge in [0.15, 0.2) is 0 Å². The molecule has 0 spiro atoms. The summed E-state index contributed by atoms with van der Waals surface area (Å²) in [6, 6.07) is 7.83. The summed E-state index contributed by atoms with van der Waals surface area (Å²) in [5.74, 6) is -2.53. The predicted molar refractivity (Wildman–Crippen MR) is 134 cm³/mol. The molecule has 2 aromatic heterocycles. The molecule has 2 aliphatic carbocycles. The maximum Gasteiger partial charge on any atom is 0.416 e. The summed E-state index contributed by atoms with van der Waals surface area (Å²) >= 11 is 2.68. The fourth-order valence-electron chi connectivity index (χ4n) is 7.14. The summed E-state index contributed by atoms with van der Waals surface area (Å²) in [5, 5.41) is 3.14. The number of hydrogen-bond acceptors (Lipinski definition) is 7. The number of alkyl halides is 3. The van der Waals surface area contributed by atoms with Gasteiger partial charge in [-0.25, -0.2) is 0 Å². The van der Waals surface area contributed by atoms with Crippen LogP contribution in [0.4, 0.5) is 18.9 Å². The molecule has 1 aromatic carbocycles. The lowest BCUT2D eigenvalue weighted by molar-refractivity contribution is -0.143. The lowest BCUT2D eigenvalue weighted by atomic mass is 9.69.